The van der Waals surface area contributed by atoms with Gasteiger partial charge in [-0.15, -0.1) is 0 Å². The Balaban J connectivity index is 2.23. The fourth-order valence-electron chi connectivity index (χ4n) is 2.26. The van der Waals surface area contributed by atoms with Crippen LogP contribution in [0.2, 0.25) is 0 Å². The van der Waals surface area contributed by atoms with E-state index in [0.717, 1.165) is 39.0 Å². The maximum absolute atomic E-state index is 11.7. The van der Waals surface area contributed by atoms with Gasteiger partial charge in [-0.05, 0) is 31.7 Å². The lowest BCUT2D eigenvalue weighted by Gasteiger charge is -2.33. The molecular formula is C14H27NO3. The molecule has 1 atom stereocenters. The Hall–Kier alpha value is -0.610. The van der Waals surface area contributed by atoms with Gasteiger partial charge in [0.1, 0.15) is 6.04 Å². The Morgan fingerprint density at radius 1 is 1.33 bits per heavy atom. The first-order valence-corrected chi connectivity index (χ1v) is 7.04. The van der Waals surface area contributed by atoms with Crippen molar-refractivity contribution in [1.82, 2.24) is 4.90 Å². The van der Waals surface area contributed by atoms with Gasteiger partial charge >= 0.3 is 5.97 Å². The highest BCUT2D eigenvalue weighted by molar-refractivity contribution is 5.75. The third kappa shape index (κ3) is 5.36. The third-order valence-electron chi connectivity index (χ3n) is 3.45. The van der Waals surface area contributed by atoms with Crippen molar-refractivity contribution in [1.29, 1.82) is 0 Å². The van der Waals surface area contributed by atoms with E-state index in [1.807, 2.05) is 0 Å². The van der Waals surface area contributed by atoms with Crippen LogP contribution in [0, 0.1) is 5.92 Å². The molecule has 1 rings (SSSR count). The molecule has 1 aliphatic heterocycles. The Labute approximate surface area is 111 Å². The molecule has 0 radical (unpaired) electrons. The van der Waals surface area contributed by atoms with E-state index in [4.69, 9.17) is 9.47 Å². The summed E-state index contributed by atoms with van der Waals surface area (Å²) < 4.78 is 10.5. The molecule has 18 heavy (non-hydrogen) atoms. The molecule has 4 nitrogen and oxygen atoms in total. The molecule has 0 N–H and O–H groups in total. The van der Waals surface area contributed by atoms with Crippen LogP contribution in [-0.4, -0.2) is 50.3 Å². The average molecular weight is 257 g/mol. The normalized spacial score (nSPS) is 21.2. The Kier molecular flexibility index (Phi) is 7.28. The van der Waals surface area contributed by atoms with E-state index in [1.54, 1.807) is 0 Å². The minimum absolute atomic E-state index is 0.0579. The molecule has 4 heteroatoms. The summed E-state index contributed by atoms with van der Waals surface area (Å²) in [7, 11) is 1.47. The first-order chi connectivity index (χ1) is 8.65. The number of rotatable bonds is 7. The van der Waals surface area contributed by atoms with Crippen LogP contribution in [0.4, 0.5) is 0 Å². The van der Waals surface area contributed by atoms with Gasteiger partial charge in [-0.2, -0.15) is 0 Å². The number of piperidine rings is 1. The lowest BCUT2D eigenvalue weighted by atomic mass is 10.0. The van der Waals surface area contributed by atoms with Gasteiger partial charge in [-0.1, -0.05) is 20.3 Å². The standard InChI is InChI=1S/C14H27NO3/c1-12(2)7-10-18-11-9-15-8-5-4-6-13(15)14(16)17-3/h12-13H,4-11H2,1-3H3/t13-/m1/s1. The first-order valence-electron chi connectivity index (χ1n) is 7.04. The zero-order valence-corrected chi connectivity index (χ0v) is 12.0. The van der Waals surface area contributed by atoms with Crippen LogP contribution < -0.4 is 0 Å². The van der Waals surface area contributed by atoms with Crippen LogP contribution in [0.5, 0.6) is 0 Å². The quantitative estimate of drug-likeness (QED) is 0.517. The molecule has 106 valence electrons. The molecule has 1 heterocycles. The second-order valence-corrected chi connectivity index (χ2v) is 5.37. The van der Waals surface area contributed by atoms with Crippen LogP contribution in [0.15, 0.2) is 0 Å². The largest absolute Gasteiger partial charge is 0.468 e. The molecule has 1 aliphatic rings. The van der Waals surface area contributed by atoms with Crippen LogP contribution in [-0.2, 0) is 14.3 Å². The summed E-state index contributed by atoms with van der Waals surface area (Å²) in [5, 5.41) is 0. The van der Waals surface area contributed by atoms with Gasteiger partial charge in [0.15, 0.2) is 0 Å². The lowest BCUT2D eigenvalue weighted by molar-refractivity contribution is -0.148. The zero-order valence-electron chi connectivity index (χ0n) is 12.0. The van der Waals surface area contributed by atoms with Crippen molar-refractivity contribution < 1.29 is 14.3 Å². The number of likely N-dealkylation sites (tertiary alicyclic amines) is 1. The maximum atomic E-state index is 11.7. The highest BCUT2D eigenvalue weighted by atomic mass is 16.5. The van der Waals surface area contributed by atoms with E-state index in [2.05, 4.69) is 18.7 Å². The SMILES string of the molecule is COC(=O)[C@H]1CCCCN1CCOCCC(C)C. The third-order valence-corrected chi connectivity index (χ3v) is 3.45. The van der Waals surface area contributed by atoms with E-state index in [-0.39, 0.29) is 12.0 Å². The Bertz CT molecular complexity index is 243. The summed E-state index contributed by atoms with van der Waals surface area (Å²) >= 11 is 0. The number of hydrogen-bond acceptors (Lipinski definition) is 4. The molecular weight excluding hydrogens is 230 g/mol. The van der Waals surface area contributed by atoms with Crippen molar-refractivity contribution in [3.63, 3.8) is 0 Å². The van der Waals surface area contributed by atoms with E-state index < -0.39 is 0 Å². The van der Waals surface area contributed by atoms with Gasteiger partial charge in [0.05, 0.1) is 13.7 Å². The highest BCUT2D eigenvalue weighted by Gasteiger charge is 2.28. The number of esters is 1. The van der Waals surface area contributed by atoms with Gasteiger partial charge in [0.2, 0.25) is 0 Å². The molecule has 1 saturated heterocycles. The fourth-order valence-corrected chi connectivity index (χ4v) is 2.26. The second-order valence-electron chi connectivity index (χ2n) is 5.37. The molecule has 0 saturated carbocycles. The fraction of sp³-hybridized carbons (Fsp3) is 0.929. The molecule has 0 aromatic rings. The van der Waals surface area contributed by atoms with Crippen LogP contribution in [0.25, 0.3) is 0 Å². The summed E-state index contributed by atoms with van der Waals surface area (Å²) in [6.45, 7) is 7.72. The molecule has 0 aromatic carbocycles. The van der Waals surface area contributed by atoms with Gasteiger partial charge in [-0.3, -0.25) is 9.69 Å². The van der Waals surface area contributed by atoms with E-state index in [1.165, 1.54) is 13.5 Å². The van der Waals surface area contributed by atoms with Gasteiger partial charge in [0.25, 0.3) is 0 Å². The summed E-state index contributed by atoms with van der Waals surface area (Å²) in [6, 6.07) is -0.0579. The van der Waals surface area contributed by atoms with Crippen molar-refractivity contribution in [3.05, 3.63) is 0 Å². The number of carbonyl (C=O) groups excluding carboxylic acids is 1. The van der Waals surface area contributed by atoms with Crippen LogP contribution in [0.1, 0.15) is 39.5 Å². The summed E-state index contributed by atoms with van der Waals surface area (Å²) in [6.07, 6.45) is 4.29. The molecule has 0 aromatic heterocycles. The number of nitrogens with zero attached hydrogens (tertiary/aromatic N) is 1. The number of ether oxygens (including phenoxy) is 2. The van der Waals surface area contributed by atoms with Gasteiger partial charge in [0, 0.05) is 13.2 Å². The molecule has 0 spiro atoms. The Morgan fingerprint density at radius 2 is 2.11 bits per heavy atom. The molecule has 0 unspecified atom stereocenters. The van der Waals surface area contributed by atoms with Gasteiger partial charge in [-0.25, -0.2) is 0 Å². The molecule has 0 bridgehead atoms. The Morgan fingerprint density at radius 3 is 2.78 bits per heavy atom. The van der Waals surface area contributed by atoms with Crippen molar-refractivity contribution in [2.75, 3.05) is 33.4 Å². The van der Waals surface area contributed by atoms with E-state index in [9.17, 15) is 4.79 Å². The van der Waals surface area contributed by atoms with Crippen molar-refractivity contribution in [2.45, 2.75) is 45.6 Å². The number of methoxy groups -OCH3 is 1. The van der Waals surface area contributed by atoms with E-state index >= 15 is 0 Å². The minimum atomic E-state index is -0.100. The maximum Gasteiger partial charge on any atom is 0.323 e. The van der Waals surface area contributed by atoms with Crippen LogP contribution >= 0.6 is 0 Å². The minimum Gasteiger partial charge on any atom is -0.468 e. The van der Waals surface area contributed by atoms with Crippen molar-refractivity contribution in [3.8, 4) is 0 Å². The average Bonchev–Trinajstić information content (AvgIpc) is 2.37. The molecule has 0 aliphatic carbocycles. The monoisotopic (exact) mass is 257 g/mol. The predicted octanol–water partition coefficient (Wildman–Crippen LogP) is 2.08. The highest BCUT2D eigenvalue weighted by Crippen LogP contribution is 2.17. The zero-order chi connectivity index (χ0) is 13.4. The first kappa shape index (κ1) is 15.4. The summed E-state index contributed by atoms with van der Waals surface area (Å²) in [5.74, 6) is 0.583. The predicted molar refractivity (Wildman–Crippen MR) is 71.5 cm³/mol. The van der Waals surface area contributed by atoms with Crippen molar-refractivity contribution >= 4 is 5.97 Å². The van der Waals surface area contributed by atoms with E-state index in [0.29, 0.717) is 12.5 Å². The van der Waals surface area contributed by atoms with Crippen LogP contribution in [0.3, 0.4) is 0 Å². The number of hydrogen-bond donors (Lipinski definition) is 0. The van der Waals surface area contributed by atoms with Gasteiger partial charge < -0.3 is 9.47 Å². The molecule has 0 amide bonds. The molecule has 1 fully saturated rings. The number of carbonyl (C=O) groups is 1. The summed E-state index contributed by atoms with van der Waals surface area (Å²) in [4.78, 5) is 13.8. The smallest absolute Gasteiger partial charge is 0.323 e. The lowest BCUT2D eigenvalue weighted by Crippen LogP contribution is -2.46. The summed E-state index contributed by atoms with van der Waals surface area (Å²) in [5.41, 5.74) is 0. The second kappa shape index (κ2) is 8.48. The topological polar surface area (TPSA) is 38.8 Å². The van der Waals surface area contributed by atoms with Crippen molar-refractivity contribution in [2.24, 2.45) is 5.92 Å².